The number of guanidine groups is 1. The van der Waals surface area contributed by atoms with E-state index >= 15 is 0 Å². The summed E-state index contributed by atoms with van der Waals surface area (Å²) in [5.41, 5.74) is 2.83. The Hall–Kier alpha value is -5.12. The lowest BCUT2D eigenvalue weighted by Crippen LogP contribution is -2.54. The van der Waals surface area contributed by atoms with Gasteiger partial charge in [-0.3, -0.25) is 19.4 Å². The van der Waals surface area contributed by atoms with Crippen molar-refractivity contribution in [1.29, 1.82) is 0 Å². The van der Waals surface area contributed by atoms with E-state index in [0.717, 1.165) is 11.1 Å². The van der Waals surface area contributed by atoms with E-state index < -0.39 is 57.6 Å². The molecule has 0 saturated carbocycles. The summed E-state index contributed by atoms with van der Waals surface area (Å²) >= 11 is 0. The molecule has 3 rings (SSSR count). The molecule has 1 aliphatic heterocycles. The van der Waals surface area contributed by atoms with E-state index in [-0.39, 0.29) is 43.2 Å². The zero-order valence-corrected chi connectivity index (χ0v) is 31.6. The molecule has 0 fully saturated rings. The smallest absolute Gasteiger partial charge is 0.405 e. The number of hydrogen-bond donors (Lipinski definition) is 7. The van der Waals surface area contributed by atoms with Crippen LogP contribution in [0, 0.1) is 20.8 Å². The zero-order valence-electron chi connectivity index (χ0n) is 30.8. The molecule has 4 amide bonds. The molecule has 3 atom stereocenters. The molecule has 3 unspecified atom stereocenters. The average molecular weight is 742 g/mol. The minimum atomic E-state index is -4.08. The van der Waals surface area contributed by atoms with Gasteiger partial charge in [0.2, 0.25) is 23.7 Å². The van der Waals surface area contributed by atoms with Crippen LogP contribution in [0.1, 0.15) is 73.9 Å². The topological polar surface area (TPSA) is 216 Å². The number of carbonyl (C=O) groups excluding carboxylic acids is 3. The van der Waals surface area contributed by atoms with E-state index in [1.807, 2.05) is 20.8 Å². The molecule has 0 saturated heterocycles. The molecule has 0 aromatic heterocycles. The van der Waals surface area contributed by atoms with Crippen molar-refractivity contribution >= 4 is 39.8 Å². The van der Waals surface area contributed by atoms with Gasteiger partial charge in [-0.05, 0) is 76.1 Å². The van der Waals surface area contributed by atoms with Crippen molar-refractivity contribution in [2.45, 2.75) is 95.8 Å². The van der Waals surface area contributed by atoms with Gasteiger partial charge in [0.25, 0.3) is 10.0 Å². The van der Waals surface area contributed by atoms with Crippen LogP contribution in [0.5, 0.6) is 5.75 Å². The Morgan fingerprint density at radius 3 is 2.21 bits per heavy atom. The van der Waals surface area contributed by atoms with E-state index in [2.05, 4.69) is 42.9 Å². The Labute approximate surface area is 305 Å². The first-order valence-corrected chi connectivity index (χ1v) is 18.5. The summed E-state index contributed by atoms with van der Waals surface area (Å²) in [4.78, 5) is 55.2. The van der Waals surface area contributed by atoms with Gasteiger partial charge < -0.3 is 36.4 Å². The van der Waals surface area contributed by atoms with E-state index in [9.17, 15) is 32.7 Å². The van der Waals surface area contributed by atoms with Crippen LogP contribution >= 0.6 is 0 Å². The molecule has 0 radical (unpaired) electrons. The number of carboxylic acid groups (broad SMARTS) is 1. The van der Waals surface area contributed by atoms with E-state index in [1.165, 1.54) is 13.1 Å². The van der Waals surface area contributed by atoms with Crippen LogP contribution in [0.15, 0.2) is 52.9 Å². The van der Waals surface area contributed by atoms with Crippen molar-refractivity contribution in [3.8, 4) is 5.75 Å². The van der Waals surface area contributed by atoms with E-state index in [4.69, 9.17) is 4.74 Å². The lowest BCUT2D eigenvalue weighted by atomic mass is 9.94. The third-order valence-corrected chi connectivity index (χ3v) is 10.3. The molecule has 15 nitrogen and oxygen atoms in total. The summed E-state index contributed by atoms with van der Waals surface area (Å²) in [6, 6.07) is 5.22. The first-order chi connectivity index (χ1) is 24.5. The number of aliphatic imine (C=N–C) groups is 1. The molecular weight excluding hydrogens is 691 g/mol. The Morgan fingerprint density at radius 2 is 1.62 bits per heavy atom. The van der Waals surface area contributed by atoms with Gasteiger partial charge in [0.1, 0.15) is 29.5 Å². The van der Waals surface area contributed by atoms with Crippen LogP contribution in [0.25, 0.3) is 0 Å². The lowest BCUT2D eigenvalue weighted by Gasteiger charge is -2.24. The maximum Gasteiger partial charge on any atom is 0.405 e. The highest BCUT2D eigenvalue weighted by Gasteiger charge is 2.37. The van der Waals surface area contributed by atoms with Gasteiger partial charge in [-0.1, -0.05) is 43.3 Å². The molecule has 0 aliphatic carbocycles. The molecule has 0 bridgehead atoms. The quantitative estimate of drug-likeness (QED) is 0.0582. The predicted molar refractivity (Wildman–Crippen MR) is 198 cm³/mol. The van der Waals surface area contributed by atoms with Crippen LogP contribution < -0.4 is 36.0 Å². The Balaban J connectivity index is 1.65. The van der Waals surface area contributed by atoms with Gasteiger partial charge in [-0.2, -0.15) is 0 Å². The fraction of sp³-hybridized carbons (Fsp3) is 0.472. The first kappa shape index (κ1) is 41.3. The third kappa shape index (κ3) is 10.5. The standard InChI is InChI=1S/C36H51N7O8S/c1-9-18-38-33(46)28(24-15-12-11-13-16-24)42-31(44)26(10-2)40-32(45)27(41-35(47)48)17-14-19-39-34(37-8)43-52(49,50)30-22(4)21(3)29-25(23(30)5)20-36(6,7)51-29/h9,11-13,15-16,26-28,41H,1,10,14,17-20H2,2-8H3,(H,38,46)(H,40,45)(H,42,44)(H,47,48)(H2,37,39,43). The minimum Gasteiger partial charge on any atom is -0.487 e. The Bertz CT molecular complexity index is 1800. The molecule has 1 aliphatic rings. The van der Waals surface area contributed by atoms with Crippen LogP contribution in [-0.2, 0) is 30.8 Å². The maximum atomic E-state index is 13.7. The number of amides is 4. The highest BCUT2D eigenvalue weighted by molar-refractivity contribution is 7.90. The van der Waals surface area contributed by atoms with Crippen molar-refractivity contribution in [2.75, 3.05) is 20.1 Å². The number of hydrogen-bond acceptors (Lipinski definition) is 8. The van der Waals surface area contributed by atoms with E-state index in [0.29, 0.717) is 28.9 Å². The molecule has 7 N–H and O–H groups in total. The molecule has 0 spiro atoms. The minimum absolute atomic E-state index is 0.00154. The monoisotopic (exact) mass is 741 g/mol. The number of benzene rings is 2. The van der Waals surface area contributed by atoms with Crippen molar-refractivity contribution in [2.24, 2.45) is 4.99 Å². The molecule has 52 heavy (non-hydrogen) atoms. The van der Waals surface area contributed by atoms with Crippen LogP contribution in [-0.4, -0.2) is 81.1 Å². The number of nitrogens with zero attached hydrogens (tertiary/aromatic N) is 1. The zero-order chi connectivity index (χ0) is 38.8. The molecule has 16 heteroatoms. The van der Waals surface area contributed by atoms with Crippen LogP contribution in [0.4, 0.5) is 4.79 Å². The fourth-order valence-corrected chi connectivity index (χ4v) is 7.61. The Kier molecular flexibility index (Phi) is 14.2. The van der Waals surface area contributed by atoms with Gasteiger partial charge in [0.05, 0.1) is 4.90 Å². The Morgan fingerprint density at radius 1 is 0.962 bits per heavy atom. The fourth-order valence-electron chi connectivity index (χ4n) is 6.01. The summed E-state index contributed by atoms with van der Waals surface area (Å²) in [5, 5.41) is 22.5. The summed E-state index contributed by atoms with van der Waals surface area (Å²) < 4.78 is 36.0. The number of nitrogens with one attached hydrogen (secondary N) is 6. The normalized spacial score (nSPS) is 15.2. The number of ether oxygens (including phenoxy) is 1. The van der Waals surface area contributed by atoms with Crippen molar-refractivity contribution in [3.05, 3.63) is 70.8 Å². The molecule has 2 aromatic rings. The van der Waals surface area contributed by atoms with Gasteiger partial charge in [0.15, 0.2) is 0 Å². The van der Waals surface area contributed by atoms with Gasteiger partial charge >= 0.3 is 6.09 Å². The lowest BCUT2D eigenvalue weighted by molar-refractivity contribution is -0.132. The second-order valence-corrected chi connectivity index (χ2v) is 14.8. The number of carbonyl (C=O) groups is 4. The summed E-state index contributed by atoms with van der Waals surface area (Å²) in [7, 11) is -2.66. The summed E-state index contributed by atoms with van der Waals surface area (Å²) in [6.07, 6.45) is 0.991. The number of fused-ring (bicyclic) bond motifs is 1. The molecule has 1 heterocycles. The maximum absolute atomic E-state index is 13.7. The van der Waals surface area contributed by atoms with Gasteiger partial charge in [-0.25, -0.2) is 17.9 Å². The highest BCUT2D eigenvalue weighted by atomic mass is 32.2. The predicted octanol–water partition coefficient (Wildman–Crippen LogP) is 2.65. The van der Waals surface area contributed by atoms with Crippen molar-refractivity contribution < 1.29 is 37.4 Å². The highest BCUT2D eigenvalue weighted by Crippen LogP contribution is 2.43. The molecule has 2 aromatic carbocycles. The molecule has 284 valence electrons. The third-order valence-electron chi connectivity index (χ3n) is 8.74. The second kappa shape index (κ2) is 17.9. The van der Waals surface area contributed by atoms with Crippen LogP contribution in [0.2, 0.25) is 0 Å². The number of sulfonamides is 1. The van der Waals surface area contributed by atoms with Gasteiger partial charge in [0, 0.05) is 32.1 Å². The summed E-state index contributed by atoms with van der Waals surface area (Å²) in [5.74, 6) is -1.17. The van der Waals surface area contributed by atoms with Crippen molar-refractivity contribution in [1.82, 2.24) is 31.3 Å². The first-order valence-electron chi connectivity index (χ1n) is 17.0. The number of rotatable bonds is 16. The van der Waals surface area contributed by atoms with E-state index in [1.54, 1.807) is 51.1 Å². The summed E-state index contributed by atoms with van der Waals surface area (Å²) in [6.45, 7) is 14.8. The van der Waals surface area contributed by atoms with Crippen LogP contribution in [0.3, 0.4) is 0 Å². The van der Waals surface area contributed by atoms with Crippen molar-refractivity contribution in [3.63, 3.8) is 0 Å². The van der Waals surface area contributed by atoms with Gasteiger partial charge in [-0.15, -0.1) is 6.58 Å². The SMILES string of the molecule is C=CCNC(=O)C(NC(=O)C(CC)NC(=O)C(CCCN/C(=N\C)NS(=O)(=O)c1c(C)c(C)c2c(c1C)CC(C)(C)O2)NC(=O)O)c1ccccc1. The second-order valence-electron chi connectivity index (χ2n) is 13.2. The molecular formula is C36H51N7O8S. The largest absolute Gasteiger partial charge is 0.487 e. The average Bonchev–Trinajstić information content (AvgIpc) is 3.43.